The van der Waals surface area contributed by atoms with E-state index < -0.39 is 0 Å². The van der Waals surface area contributed by atoms with Crippen molar-refractivity contribution in [2.24, 2.45) is 35.5 Å². The van der Waals surface area contributed by atoms with Crippen molar-refractivity contribution >= 4 is 11.1 Å². The summed E-state index contributed by atoms with van der Waals surface area (Å²) in [7, 11) is 0. The zero-order valence-electron chi connectivity index (χ0n) is 45.6. The van der Waals surface area contributed by atoms with Gasteiger partial charge in [-0.3, -0.25) is 0 Å². The maximum absolute atomic E-state index is 6.65. The molecule has 71 heavy (non-hydrogen) atoms. The Bertz CT molecular complexity index is 1980. The lowest BCUT2D eigenvalue weighted by atomic mass is 9.75. The van der Waals surface area contributed by atoms with Crippen LogP contribution in [0.3, 0.4) is 0 Å². The number of rotatable bonds is 24. The van der Waals surface area contributed by atoms with Crippen molar-refractivity contribution in [1.29, 1.82) is 0 Å². The minimum absolute atomic E-state index is 0.609. The van der Waals surface area contributed by atoms with Crippen LogP contribution in [0.2, 0.25) is 0 Å². The molecule has 1 heteroatoms. The summed E-state index contributed by atoms with van der Waals surface area (Å²) in [4.78, 5) is 0. The fourth-order valence-electron chi connectivity index (χ4n) is 14.3. The third kappa shape index (κ3) is 15.7. The standard InChI is InChI=1S/C70H98O/c1-5-9-11-15-55-17-25-57(26-18-55)59-33-37-61(38-34-59)63-41-45-67(46-42-63)69(65-29-21-53(13-7-3)22-30-65)49-51-71-52-50-70(66-31-23-54(14-8-4)24-32-66)68-47-43-64(44-48-68)62-39-35-60(36-40-62)58-27-19-56(20-28-58)16-12-10-6-2/h33-50,53-58,65-66H,5-32,51-52H2,1-4H3. The van der Waals surface area contributed by atoms with E-state index in [4.69, 9.17) is 4.74 Å². The Labute approximate surface area is 435 Å². The first kappa shape index (κ1) is 53.6. The second kappa shape index (κ2) is 28.7. The highest BCUT2D eigenvalue weighted by molar-refractivity contribution is 5.73. The maximum Gasteiger partial charge on any atom is 0.0657 e. The molecule has 0 aliphatic heterocycles. The van der Waals surface area contributed by atoms with Gasteiger partial charge in [0.1, 0.15) is 0 Å². The predicted octanol–water partition coefficient (Wildman–Crippen LogP) is 21.4. The van der Waals surface area contributed by atoms with Gasteiger partial charge in [0.2, 0.25) is 0 Å². The Morgan fingerprint density at radius 3 is 0.986 bits per heavy atom. The van der Waals surface area contributed by atoms with Crippen molar-refractivity contribution in [2.75, 3.05) is 13.2 Å². The van der Waals surface area contributed by atoms with Gasteiger partial charge in [0, 0.05) is 0 Å². The molecule has 0 aromatic heterocycles. The molecule has 4 aromatic rings. The molecule has 0 atom stereocenters. The topological polar surface area (TPSA) is 9.23 Å². The minimum atomic E-state index is 0.609. The Morgan fingerprint density at radius 2 is 0.662 bits per heavy atom. The molecule has 8 rings (SSSR count). The summed E-state index contributed by atoms with van der Waals surface area (Å²) in [6.07, 6.45) is 43.3. The van der Waals surface area contributed by atoms with Crippen molar-refractivity contribution in [3.63, 3.8) is 0 Å². The van der Waals surface area contributed by atoms with E-state index in [1.165, 1.54) is 224 Å². The molecule has 4 fully saturated rings. The van der Waals surface area contributed by atoms with Crippen LogP contribution in [0.5, 0.6) is 0 Å². The van der Waals surface area contributed by atoms with Crippen LogP contribution in [-0.2, 0) is 4.74 Å². The van der Waals surface area contributed by atoms with Crippen LogP contribution in [0.15, 0.2) is 109 Å². The monoisotopic (exact) mass is 955 g/mol. The van der Waals surface area contributed by atoms with E-state index in [-0.39, 0.29) is 0 Å². The average molecular weight is 956 g/mol. The molecule has 4 aromatic carbocycles. The Morgan fingerprint density at radius 1 is 0.352 bits per heavy atom. The van der Waals surface area contributed by atoms with Gasteiger partial charge in [-0.1, -0.05) is 214 Å². The zero-order chi connectivity index (χ0) is 49.0. The van der Waals surface area contributed by atoms with Gasteiger partial charge in [-0.05, 0) is 206 Å². The van der Waals surface area contributed by atoms with Crippen LogP contribution in [0.25, 0.3) is 33.4 Å². The Kier molecular flexibility index (Phi) is 21.7. The second-order valence-electron chi connectivity index (χ2n) is 23.7. The van der Waals surface area contributed by atoms with E-state index >= 15 is 0 Å². The highest BCUT2D eigenvalue weighted by atomic mass is 16.5. The lowest BCUT2D eigenvalue weighted by Gasteiger charge is -2.31. The molecule has 4 saturated carbocycles. The quantitative estimate of drug-likeness (QED) is 0.0636. The molecule has 0 N–H and O–H groups in total. The highest BCUT2D eigenvalue weighted by Crippen LogP contribution is 2.43. The molecular weight excluding hydrogens is 857 g/mol. The normalized spacial score (nSPS) is 25.6. The van der Waals surface area contributed by atoms with E-state index in [2.05, 4.69) is 137 Å². The first-order valence-corrected chi connectivity index (χ1v) is 30.4. The molecule has 0 unspecified atom stereocenters. The van der Waals surface area contributed by atoms with Crippen molar-refractivity contribution in [2.45, 2.75) is 219 Å². The van der Waals surface area contributed by atoms with E-state index in [1.54, 1.807) is 11.1 Å². The fourth-order valence-corrected chi connectivity index (χ4v) is 14.3. The largest absolute Gasteiger partial charge is 0.373 e. The molecule has 0 spiro atoms. The van der Waals surface area contributed by atoms with Crippen molar-refractivity contribution in [3.8, 4) is 22.3 Å². The smallest absolute Gasteiger partial charge is 0.0657 e. The highest BCUT2D eigenvalue weighted by Gasteiger charge is 2.27. The van der Waals surface area contributed by atoms with Gasteiger partial charge in [-0.2, -0.15) is 0 Å². The van der Waals surface area contributed by atoms with Crippen LogP contribution in [0.1, 0.15) is 242 Å². The van der Waals surface area contributed by atoms with E-state index in [0.29, 0.717) is 25.0 Å². The molecule has 1 nitrogen and oxygen atoms in total. The van der Waals surface area contributed by atoms with Crippen LogP contribution < -0.4 is 0 Å². The van der Waals surface area contributed by atoms with Crippen molar-refractivity contribution < 1.29 is 4.74 Å². The summed E-state index contributed by atoms with van der Waals surface area (Å²) in [5.74, 6) is 6.42. The summed E-state index contributed by atoms with van der Waals surface area (Å²) in [6, 6.07) is 38.5. The van der Waals surface area contributed by atoms with Gasteiger partial charge in [0.25, 0.3) is 0 Å². The number of allylic oxidation sites excluding steroid dienone is 2. The fraction of sp³-hybridized carbons (Fsp3) is 0.600. The number of unbranched alkanes of at least 4 members (excludes halogenated alkanes) is 4. The lowest BCUT2D eigenvalue weighted by molar-refractivity contribution is 0.193. The van der Waals surface area contributed by atoms with Crippen LogP contribution in [0.4, 0.5) is 0 Å². The molecule has 4 aliphatic carbocycles. The molecular formula is C70H98O. The predicted molar refractivity (Wildman–Crippen MR) is 309 cm³/mol. The summed E-state index contributed by atoms with van der Waals surface area (Å²) < 4.78 is 6.65. The average Bonchev–Trinajstić information content (AvgIpc) is 3.42. The van der Waals surface area contributed by atoms with Crippen molar-refractivity contribution in [3.05, 3.63) is 131 Å². The molecule has 0 bridgehead atoms. The van der Waals surface area contributed by atoms with E-state index in [9.17, 15) is 0 Å². The SMILES string of the molecule is CCCCCC1CCC(c2ccc(-c3ccc(C(=CCOCC=C(c4ccc(-c5ccc(C6CCC(CCCCC)CC6)cc5)cc4)C4CCC(CCC)CC4)C4CCC(CCC)CC4)cc3)cc2)CC1. The van der Waals surface area contributed by atoms with Gasteiger partial charge < -0.3 is 4.74 Å². The van der Waals surface area contributed by atoms with Gasteiger partial charge in [0.15, 0.2) is 0 Å². The second-order valence-corrected chi connectivity index (χ2v) is 23.7. The molecule has 0 radical (unpaired) electrons. The van der Waals surface area contributed by atoms with E-state index in [0.717, 1.165) is 35.5 Å². The summed E-state index contributed by atoms with van der Waals surface area (Å²) in [6.45, 7) is 10.7. The summed E-state index contributed by atoms with van der Waals surface area (Å²) in [5, 5.41) is 0. The summed E-state index contributed by atoms with van der Waals surface area (Å²) >= 11 is 0. The lowest BCUT2D eigenvalue weighted by Crippen LogP contribution is -2.16. The molecule has 0 heterocycles. The molecule has 384 valence electrons. The molecule has 0 saturated heterocycles. The maximum atomic E-state index is 6.65. The van der Waals surface area contributed by atoms with E-state index in [1.807, 2.05) is 0 Å². The van der Waals surface area contributed by atoms with Crippen LogP contribution >= 0.6 is 0 Å². The number of hydrogen-bond acceptors (Lipinski definition) is 1. The zero-order valence-corrected chi connectivity index (χ0v) is 45.6. The first-order valence-electron chi connectivity index (χ1n) is 30.4. The number of hydrogen-bond donors (Lipinski definition) is 0. The van der Waals surface area contributed by atoms with Crippen LogP contribution in [-0.4, -0.2) is 13.2 Å². The third-order valence-corrected chi connectivity index (χ3v) is 18.8. The minimum Gasteiger partial charge on any atom is -0.373 e. The Balaban J connectivity index is 0.914. The van der Waals surface area contributed by atoms with Gasteiger partial charge in [0.05, 0.1) is 13.2 Å². The molecule has 4 aliphatic rings. The third-order valence-electron chi connectivity index (χ3n) is 18.8. The van der Waals surface area contributed by atoms with Crippen LogP contribution in [0, 0.1) is 35.5 Å². The molecule has 0 amide bonds. The summed E-state index contributed by atoms with van der Waals surface area (Å²) in [5.41, 5.74) is 14.2. The van der Waals surface area contributed by atoms with Gasteiger partial charge in [-0.25, -0.2) is 0 Å². The number of ether oxygens (including phenoxy) is 1. The van der Waals surface area contributed by atoms with Gasteiger partial charge in [-0.15, -0.1) is 0 Å². The van der Waals surface area contributed by atoms with Gasteiger partial charge >= 0.3 is 0 Å². The number of benzene rings is 4. The first-order chi connectivity index (χ1) is 35.0. The van der Waals surface area contributed by atoms with Crippen molar-refractivity contribution in [1.82, 2.24) is 0 Å². The Hall–Kier alpha value is -3.68.